The van der Waals surface area contributed by atoms with Crippen molar-refractivity contribution in [3.8, 4) is 0 Å². The molecule has 1 aromatic rings. The molecule has 0 aliphatic carbocycles. The highest BCUT2D eigenvalue weighted by Gasteiger charge is 2.10. The van der Waals surface area contributed by atoms with Crippen LogP contribution in [-0.2, 0) is 10.0 Å². The van der Waals surface area contributed by atoms with Gasteiger partial charge >= 0.3 is 0 Å². The van der Waals surface area contributed by atoms with Gasteiger partial charge in [0.2, 0.25) is 10.0 Å². The molecule has 0 unspecified atom stereocenters. The SMILES string of the molecule is Cc1cc(C)cc(NS(=O)(=O)CCNC(C)C)c1. The van der Waals surface area contributed by atoms with Crippen LogP contribution in [0.4, 0.5) is 5.69 Å². The predicted octanol–water partition coefficient (Wildman–Crippen LogP) is 2.04. The molecule has 0 aromatic heterocycles. The Morgan fingerprint density at radius 2 is 1.67 bits per heavy atom. The van der Waals surface area contributed by atoms with E-state index in [0.29, 0.717) is 18.3 Å². The highest BCUT2D eigenvalue weighted by Crippen LogP contribution is 2.15. The molecule has 0 amide bonds. The second-order valence-electron chi connectivity index (χ2n) is 4.91. The third-order valence-corrected chi connectivity index (χ3v) is 3.71. The molecular weight excluding hydrogens is 248 g/mol. The number of benzene rings is 1. The third-order valence-electron chi connectivity index (χ3n) is 2.42. The van der Waals surface area contributed by atoms with Gasteiger partial charge in [-0.05, 0) is 37.1 Å². The van der Waals surface area contributed by atoms with Gasteiger partial charge in [-0.3, -0.25) is 4.72 Å². The van der Waals surface area contributed by atoms with Crippen molar-refractivity contribution in [2.75, 3.05) is 17.0 Å². The van der Waals surface area contributed by atoms with E-state index < -0.39 is 10.0 Å². The van der Waals surface area contributed by atoms with Gasteiger partial charge in [0.25, 0.3) is 0 Å². The Morgan fingerprint density at radius 1 is 1.11 bits per heavy atom. The summed E-state index contributed by atoms with van der Waals surface area (Å²) in [5, 5.41) is 3.09. The number of nitrogens with one attached hydrogen (secondary N) is 2. The lowest BCUT2D eigenvalue weighted by Crippen LogP contribution is -2.30. The van der Waals surface area contributed by atoms with Crippen LogP contribution < -0.4 is 10.0 Å². The summed E-state index contributed by atoms with van der Waals surface area (Å²) in [6.45, 7) is 8.34. The van der Waals surface area contributed by atoms with E-state index in [1.165, 1.54) is 0 Å². The molecule has 102 valence electrons. The summed E-state index contributed by atoms with van der Waals surface area (Å²) in [5.74, 6) is 0.0815. The quantitative estimate of drug-likeness (QED) is 0.831. The van der Waals surface area contributed by atoms with E-state index in [1.807, 2.05) is 45.9 Å². The maximum absolute atomic E-state index is 11.9. The van der Waals surface area contributed by atoms with Crippen molar-refractivity contribution < 1.29 is 8.42 Å². The third kappa shape index (κ3) is 5.51. The minimum absolute atomic E-state index is 0.0815. The first-order valence-electron chi connectivity index (χ1n) is 6.11. The summed E-state index contributed by atoms with van der Waals surface area (Å²) in [6.07, 6.45) is 0. The lowest BCUT2D eigenvalue weighted by atomic mass is 10.1. The second-order valence-corrected chi connectivity index (χ2v) is 6.75. The summed E-state index contributed by atoms with van der Waals surface area (Å²) in [5.41, 5.74) is 2.73. The molecule has 0 saturated carbocycles. The number of sulfonamides is 1. The number of aryl methyl sites for hydroxylation is 2. The van der Waals surface area contributed by atoms with Crippen molar-refractivity contribution in [2.45, 2.75) is 33.7 Å². The Morgan fingerprint density at radius 3 is 2.17 bits per heavy atom. The topological polar surface area (TPSA) is 58.2 Å². The van der Waals surface area contributed by atoms with E-state index in [1.54, 1.807) is 0 Å². The molecule has 1 rings (SSSR count). The van der Waals surface area contributed by atoms with Gasteiger partial charge in [0.1, 0.15) is 0 Å². The minimum Gasteiger partial charge on any atom is -0.313 e. The van der Waals surface area contributed by atoms with E-state index in [4.69, 9.17) is 0 Å². The fourth-order valence-corrected chi connectivity index (χ4v) is 2.71. The van der Waals surface area contributed by atoms with Crippen LogP contribution in [0.3, 0.4) is 0 Å². The molecule has 0 heterocycles. The molecule has 0 fully saturated rings. The van der Waals surface area contributed by atoms with Crippen molar-refractivity contribution >= 4 is 15.7 Å². The Bertz CT molecular complexity index is 475. The van der Waals surface area contributed by atoms with E-state index >= 15 is 0 Å². The van der Waals surface area contributed by atoms with Gasteiger partial charge in [-0.25, -0.2) is 8.42 Å². The van der Waals surface area contributed by atoms with Crippen LogP contribution in [0.15, 0.2) is 18.2 Å². The first kappa shape index (κ1) is 15.0. The first-order valence-corrected chi connectivity index (χ1v) is 7.76. The van der Waals surface area contributed by atoms with Crippen molar-refractivity contribution in [1.29, 1.82) is 0 Å². The van der Waals surface area contributed by atoms with Crippen molar-refractivity contribution in [3.63, 3.8) is 0 Å². The first-order chi connectivity index (χ1) is 8.28. The maximum atomic E-state index is 11.9. The standard InChI is InChI=1S/C13H22N2O2S/c1-10(2)14-5-6-18(16,17)15-13-8-11(3)7-12(4)9-13/h7-10,14-15H,5-6H2,1-4H3. The summed E-state index contributed by atoms with van der Waals surface area (Å²) < 4.78 is 26.3. The number of hydrogen-bond acceptors (Lipinski definition) is 3. The zero-order valence-electron chi connectivity index (χ0n) is 11.4. The van der Waals surface area contributed by atoms with E-state index in [-0.39, 0.29) is 5.75 Å². The molecule has 0 aliphatic heterocycles. The van der Waals surface area contributed by atoms with Gasteiger partial charge in [0, 0.05) is 18.3 Å². The molecule has 0 spiro atoms. The monoisotopic (exact) mass is 270 g/mol. The van der Waals surface area contributed by atoms with Crippen molar-refractivity contribution in [3.05, 3.63) is 29.3 Å². The van der Waals surface area contributed by atoms with Crippen molar-refractivity contribution in [2.24, 2.45) is 0 Å². The summed E-state index contributed by atoms with van der Waals surface area (Å²) in [4.78, 5) is 0. The molecule has 2 N–H and O–H groups in total. The van der Waals surface area contributed by atoms with Gasteiger partial charge in [0.15, 0.2) is 0 Å². The maximum Gasteiger partial charge on any atom is 0.233 e. The molecule has 0 saturated heterocycles. The van der Waals surface area contributed by atoms with Crippen LogP contribution in [0.5, 0.6) is 0 Å². The van der Waals surface area contributed by atoms with Crippen LogP contribution >= 0.6 is 0 Å². The van der Waals surface area contributed by atoms with Gasteiger partial charge in [0.05, 0.1) is 5.75 Å². The molecule has 5 heteroatoms. The molecule has 4 nitrogen and oxygen atoms in total. The summed E-state index contributed by atoms with van der Waals surface area (Å²) in [7, 11) is -3.28. The second kappa shape index (κ2) is 6.20. The minimum atomic E-state index is -3.28. The molecule has 0 bridgehead atoms. The van der Waals surface area contributed by atoms with Gasteiger partial charge in [-0.15, -0.1) is 0 Å². The highest BCUT2D eigenvalue weighted by atomic mass is 32.2. The predicted molar refractivity (Wildman–Crippen MR) is 76.5 cm³/mol. The Hall–Kier alpha value is -1.07. The number of anilines is 1. The molecular formula is C13H22N2O2S. The average molecular weight is 270 g/mol. The Labute approximate surface area is 110 Å². The van der Waals surface area contributed by atoms with Gasteiger partial charge < -0.3 is 5.32 Å². The normalized spacial score (nSPS) is 11.8. The van der Waals surface area contributed by atoms with E-state index in [9.17, 15) is 8.42 Å². The lowest BCUT2D eigenvalue weighted by Gasteiger charge is -2.11. The molecule has 0 radical (unpaired) electrons. The number of hydrogen-bond donors (Lipinski definition) is 2. The number of rotatable bonds is 6. The van der Waals surface area contributed by atoms with Crippen LogP contribution in [-0.4, -0.2) is 26.8 Å². The Balaban J connectivity index is 2.64. The molecule has 1 aromatic carbocycles. The fraction of sp³-hybridized carbons (Fsp3) is 0.538. The molecule has 0 aliphatic rings. The fourth-order valence-electron chi connectivity index (χ4n) is 1.75. The largest absolute Gasteiger partial charge is 0.313 e. The summed E-state index contributed by atoms with van der Waals surface area (Å²) in [6, 6.07) is 5.97. The van der Waals surface area contributed by atoms with Crippen LogP contribution in [0.1, 0.15) is 25.0 Å². The van der Waals surface area contributed by atoms with E-state index in [0.717, 1.165) is 11.1 Å². The molecule has 0 atom stereocenters. The highest BCUT2D eigenvalue weighted by molar-refractivity contribution is 7.92. The van der Waals surface area contributed by atoms with Gasteiger partial charge in [-0.2, -0.15) is 0 Å². The lowest BCUT2D eigenvalue weighted by molar-refractivity contribution is 0.582. The van der Waals surface area contributed by atoms with Gasteiger partial charge in [-0.1, -0.05) is 19.9 Å². The summed E-state index contributed by atoms with van der Waals surface area (Å²) >= 11 is 0. The zero-order chi connectivity index (χ0) is 13.8. The van der Waals surface area contributed by atoms with Crippen LogP contribution in [0, 0.1) is 13.8 Å². The van der Waals surface area contributed by atoms with E-state index in [2.05, 4.69) is 10.0 Å². The average Bonchev–Trinajstić information content (AvgIpc) is 2.12. The Kier molecular flexibility index (Phi) is 5.16. The molecule has 18 heavy (non-hydrogen) atoms. The zero-order valence-corrected chi connectivity index (χ0v) is 12.3. The van der Waals surface area contributed by atoms with Crippen LogP contribution in [0.2, 0.25) is 0 Å². The smallest absolute Gasteiger partial charge is 0.233 e. The van der Waals surface area contributed by atoms with Crippen LogP contribution in [0.25, 0.3) is 0 Å². The van der Waals surface area contributed by atoms with Crippen molar-refractivity contribution in [1.82, 2.24) is 5.32 Å².